The van der Waals surface area contributed by atoms with E-state index in [1.165, 1.54) is 19.3 Å². The molecule has 0 fully saturated rings. The summed E-state index contributed by atoms with van der Waals surface area (Å²) in [5, 5.41) is 13.2. The zero-order valence-electron chi connectivity index (χ0n) is 15.0. The number of aromatic amines is 1. The van der Waals surface area contributed by atoms with Gasteiger partial charge in [0.25, 0.3) is 0 Å². The molecule has 0 aliphatic rings. The first-order valence-corrected chi connectivity index (χ1v) is 9.10. The maximum Gasteiger partial charge on any atom is 0.224 e. The van der Waals surface area contributed by atoms with Crippen molar-refractivity contribution in [1.29, 1.82) is 0 Å². The number of phenolic OH excluding ortho intramolecular Hbond substituents is 1. The Bertz CT molecular complexity index is 855. The number of nitrogens with one attached hydrogen (secondary N) is 2. The van der Waals surface area contributed by atoms with E-state index in [1.807, 2.05) is 6.07 Å². The van der Waals surface area contributed by atoms with E-state index >= 15 is 0 Å². The number of hydrogen-bond acceptors (Lipinski definition) is 4. The van der Waals surface area contributed by atoms with Gasteiger partial charge in [0, 0.05) is 24.4 Å². The Labute approximate surface area is 152 Å². The van der Waals surface area contributed by atoms with Gasteiger partial charge in [-0.1, -0.05) is 32.6 Å². The second-order valence-electron chi connectivity index (χ2n) is 6.42. The van der Waals surface area contributed by atoms with Gasteiger partial charge in [0.15, 0.2) is 0 Å². The number of aromatic hydroxyl groups is 1. The van der Waals surface area contributed by atoms with E-state index in [1.54, 1.807) is 30.6 Å². The first-order chi connectivity index (χ1) is 12.7. The summed E-state index contributed by atoms with van der Waals surface area (Å²) in [5.74, 6) is 0.612. The van der Waals surface area contributed by atoms with Crippen LogP contribution in [0.15, 0.2) is 36.7 Å². The minimum absolute atomic E-state index is 0.0246. The third-order valence-electron chi connectivity index (χ3n) is 4.33. The van der Waals surface area contributed by atoms with Crippen LogP contribution in [0.4, 0.5) is 5.69 Å². The molecule has 0 bridgehead atoms. The molecule has 0 radical (unpaired) electrons. The summed E-state index contributed by atoms with van der Waals surface area (Å²) >= 11 is 0. The predicted octanol–water partition coefficient (Wildman–Crippen LogP) is 4.63. The number of carbonyl (C=O) groups is 1. The van der Waals surface area contributed by atoms with Gasteiger partial charge < -0.3 is 15.4 Å². The van der Waals surface area contributed by atoms with Crippen molar-refractivity contribution in [3.05, 3.63) is 36.7 Å². The Kier molecular flexibility index (Phi) is 5.84. The molecule has 136 valence electrons. The van der Waals surface area contributed by atoms with Crippen LogP contribution < -0.4 is 5.32 Å². The van der Waals surface area contributed by atoms with Gasteiger partial charge in [-0.3, -0.25) is 9.78 Å². The molecule has 0 saturated carbocycles. The zero-order valence-corrected chi connectivity index (χ0v) is 15.0. The number of hydrogen-bond donors (Lipinski definition) is 3. The predicted molar refractivity (Wildman–Crippen MR) is 103 cm³/mol. The molecule has 2 aromatic heterocycles. The first-order valence-electron chi connectivity index (χ1n) is 9.10. The molecule has 3 rings (SSSR count). The Hall–Kier alpha value is -2.89. The van der Waals surface area contributed by atoms with Crippen LogP contribution in [0, 0.1) is 0 Å². The fourth-order valence-electron chi connectivity index (χ4n) is 2.91. The molecular formula is C20H24N4O2. The maximum atomic E-state index is 12.0. The average Bonchev–Trinajstić information content (AvgIpc) is 3.05. The summed E-state index contributed by atoms with van der Waals surface area (Å²) in [6.07, 6.45) is 9.42. The van der Waals surface area contributed by atoms with E-state index in [9.17, 15) is 9.90 Å². The summed E-state index contributed by atoms with van der Waals surface area (Å²) < 4.78 is 0. The fraction of sp³-hybridized carbons (Fsp3) is 0.350. The lowest BCUT2D eigenvalue weighted by atomic mass is 10.1. The highest BCUT2D eigenvalue weighted by Gasteiger charge is 2.11. The van der Waals surface area contributed by atoms with Gasteiger partial charge in [-0.2, -0.15) is 0 Å². The van der Waals surface area contributed by atoms with Crippen LogP contribution in [0.25, 0.3) is 22.4 Å². The fourth-order valence-corrected chi connectivity index (χ4v) is 2.91. The Morgan fingerprint density at radius 1 is 1.19 bits per heavy atom. The van der Waals surface area contributed by atoms with Crippen LogP contribution in [0.5, 0.6) is 5.75 Å². The largest absolute Gasteiger partial charge is 0.507 e. The maximum absolute atomic E-state index is 12.0. The van der Waals surface area contributed by atoms with Gasteiger partial charge >= 0.3 is 0 Å². The van der Waals surface area contributed by atoms with Crippen LogP contribution in [0.1, 0.15) is 45.4 Å². The Morgan fingerprint density at radius 3 is 2.81 bits per heavy atom. The van der Waals surface area contributed by atoms with Gasteiger partial charge in [0.1, 0.15) is 11.6 Å². The summed E-state index contributed by atoms with van der Waals surface area (Å²) in [4.78, 5) is 23.7. The molecular weight excluding hydrogens is 328 g/mol. The minimum atomic E-state index is -0.0246. The normalized spacial score (nSPS) is 11.0. The van der Waals surface area contributed by atoms with Gasteiger partial charge in [-0.15, -0.1) is 0 Å². The number of benzene rings is 1. The third kappa shape index (κ3) is 4.39. The number of amides is 1. The number of rotatable bonds is 8. The number of phenols is 1. The van der Waals surface area contributed by atoms with Crippen molar-refractivity contribution < 1.29 is 9.90 Å². The Balaban J connectivity index is 1.63. The van der Waals surface area contributed by atoms with Crippen molar-refractivity contribution in [2.75, 3.05) is 5.32 Å². The lowest BCUT2D eigenvalue weighted by molar-refractivity contribution is -0.116. The highest BCUT2D eigenvalue weighted by molar-refractivity contribution is 5.91. The molecule has 6 heteroatoms. The second-order valence-corrected chi connectivity index (χ2v) is 6.42. The minimum Gasteiger partial charge on any atom is -0.507 e. The number of pyridine rings is 1. The third-order valence-corrected chi connectivity index (χ3v) is 4.33. The van der Waals surface area contributed by atoms with Crippen LogP contribution in [-0.4, -0.2) is 26.0 Å². The number of H-pyrrole nitrogens is 1. The molecule has 0 atom stereocenters. The van der Waals surface area contributed by atoms with Crippen molar-refractivity contribution in [2.45, 2.75) is 45.4 Å². The van der Waals surface area contributed by atoms with Crippen molar-refractivity contribution >= 4 is 22.6 Å². The topological polar surface area (TPSA) is 90.9 Å². The van der Waals surface area contributed by atoms with Crippen molar-refractivity contribution in [1.82, 2.24) is 15.0 Å². The number of imidazole rings is 1. The molecule has 0 saturated heterocycles. The number of fused-ring (bicyclic) bond motifs is 1. The molecule has 1 amide bonds. The molecule has 1 aromatic carbocycles. The van der Waals surface area contributed by atoms with E-state index < -0.39 is 0 Å². The van der Waals surface area contributed by atoms with E-state index in [0.29, 0.717) is 23.5 Å². The molecule has 0 unspecified atom stereocenters. The molecule has 0 aliphatic heterocycles. The van der Waals surface area contributed by atoms with E-state index in [2.05, 4.69) is 27.2 Å². The number of aromatic nitrogens is 3. The second kappa shape index (κ2) is 8.47. The summed E-state index contributed by atoms with van der Waals surface area (Å²) in [6, 6.07) is 6.88. The molecule has 26 heavy (non-hydrogen) atoms. The standard InChI is InChI=1S/C20H24N4O2/c1-2-3-4-5-6-7-19(26)22-14-8-9-15(18(25)12-14)20-23-16-10-11-21-13-17(16)24-20/h8-13,25H,2-7H2,1H3,(H,22,26)(H,23,24). The highest BCUT2D eigenvalue weighted by Crippen LogP contribution is 2.31. The van der Waals surface area contributed by atoms with Gasteiger partial charge in [-0.25, -0.2) is 4.98 Å². The quantitative estimate of drug-likeness (QED) is 0.516. The number of nitrogens with zero attached hydrogens (tertiary/aromatic N) is 2. The molecule has 2 heterocycles. The van der Waals surface area contributed by atoms with Crippen LogP contribution in [0.3, 0.4) is 0 Å². The smallest absolute Gasteiger partial charge is 0.224 e. The van der Waals surface area contributed by atoms with Crippen molar-refractivity contribution in [2.24, 2.45) is 0 Å². The highest BCUT2D eigenvalue weighted by atomic mass is 16.3. The number of carbonyl (C=O) groups excluding carboxylic acids is 1. The SMILES string of the molecule is CCCCCCCC(=O)Nc1ccc(-c2nc3ccncc3[nH]2)c(O)c1. The molecule has 3 N–H and O–H groups in total. The van der Waals surface area contributed by atoms with Crippen LogP contribution >= 0.6 is 0 Å². The van der Waals surface area contributed by atoms with Gasteiger partial charge in [0.2, 0.25) is 5.91 Å². The molecule has 0 aliphatic carbocycles. The van der Waals surface area contributed by atoms with Crippen molar-refractivity contribution in [3.8, 4) is 17.1 Å². The summed E-state index contributed by atoms with van der Waals surface area (Å²) in [5.41, 5.74) is 2.76. The zero-order chi connectivity index (χ0) is 18.4. The Morgan fingerprint density at radius 2 is 2.04 bits per heavy atom. The summed E-state index contributed by atoms with van der Waals surface area (Å²) in [6.45, 7) is 2.17. The monoisotopic (exact) mass is 352 g/mol. The average molecular weight is 352 g/mol. The van der Waals surface area contributed by atoms with E-state index in [0.717, 1.165) is 23.9 Å². The van der Waals surface area contributed by atoms with E-state index in [4.69, 9.17) is 0 Å². The van der Waals surface area contributed by atoms with Gasteiger partial charge in [-0.05, 0) is 24.6 Å². The lowest BCUT2D eigenvalue weighted by Gasteiger charge is -2.08. The lowest BCUT2D eigenvalue weighted by Crippen LogP contribution is -2.10. The number of anilines is 1. The van der Waals surface area contributed by atoms with Gasteiger partial charge in [0.05, 0.1) is 22.8 Å². The van der Waals surface area contributed by atoms with Crippen LogP contribution in [0.2, 0.25) is 0 Å². The molecule has 6 nitrogen and oxygen atoms in total. The van der Waals surface area contributed by atoms with E-state index in [-0.39, 0.29) is 11.7 Å². The first kappa shape index (κ1) is 17.9. The summed E-state index contributed by atoms with van der Waals surface area (Å²) in [7, 11) is 0. The van der Waals surface area contributed by atoms with Crippen molar-refractivity contribution in [3.63, 3.8) is 0 Å². The number of unbranched alkanes of at least 4 members (excludes halogenated alkanes) is 4. The molecule has 0 spiro atoms. The van der Waals surface area contributed by atoms with Crippen LogP contribution in [-0.2, 0) is 4.79 Å². The molecule has 3 aromatic rings.